The number of nitrogens with zero attached hydrogens (tertiary/aromatic N) is 6. The Bertz CT molecular complexity index is 1440. The molecule has 0 aliphatic rings. The summed E-state index contributed by atoms with van der Waals surface area (Å²) in [5.41, 5.74) is 2.98. The van der Waals surface area contributed by atoms with Crippen molar-refractivity contribution in [3.8, 4) is 11.3 Å². The van der Waals surface area contributed by atoms with E-state index in [1.807, 2.05) is 19.9 Å². The van der Waals surface area contributed by atoms with Crippen LogP contribution >= 0.6 is 11.3 Å². The van der Waals surface area contributed by atoms with Crippen LogP contribution in [0.4, 0.5) is 5.13 Å². The zero-order valence-electron chi connectivity index (χ0n) is 17.7. The number of rotatable bonds is 6. The molecule has 0 unspecified atom stereocenters. The van der Waals surface area contributed by atoms with E-state index in [1.54, 1.807) is 23.6 Å². The van der Waals surface area contributed by atoms with E-state index in [0.717, 1.165) is 23.2 Å². The summed E-state index contributed by atoms with van der Waals surface area (Å²) in [5.74, 6) is -0.0433. The first-order chi connectivity index (χ1) is 15.2. The van der Waals surface area contributed by atoms with Crippen molar-refractivity contribution in [1.29, 1.82) is 0 Å². The smallest absolute Gasteiger partial charge is 0.277 e. The van der Waals surface area contributed by atoms with Crippen molar-refractivity contribution in [2.45, 2.75) is 18.7 Å². The van der Waals surface area contributed by atoms with E-state index in [-0.39, 0.29) is 17.3 Å². The second kappa shape index (κ2) is 8.24. The molecule has 0 aliphatic carbocycles. The van der Waals surface area contributed by atoms with Crippen LogP contribution in [0, 0.1) is 13.8 Å². The second-order valence-electron chi connectivity index (χ2n) is 7.20. The molecule has 0 atom stereocenters. The number of anilines is 1. The zero-order chi connectivity index (χ0) is 23.0. The summed E-state index contributed by atoms with van der Waals surface area (Å²) in [6.45, 7) is 7.68. The van der Waals surface area contributed by atoms with E-state index < -0.39 is 15.7 Å². The van der Waals surface area contributed by atoms with E-state index in [0.29, 0.717) is 16.6 Å². The van der Waals surface area contributed by atoms with Gasteiger partial charge in [0, 0.05) is 35.1 Å². The molecule has 0 saturated heterocycles. The minimum Gasteiger partial charge on any atom is -0.277 e. The van der Waals surface area contributed by atoms with Crippen LogP contribution in [0.25, 0.3) is 17.0 Å². The third kappa shape index (κ3) is 4.16. The second-order valence-corrected chi connectivity index (χ2v) is 10.1. The van der Waals surface area contributed by atoms with Crippen LogP contribution in [0.1, 0.15) is 22.0 Å². The lowest BCUT2D eigenvalue weighted by Crippen LogP contribution is -2.32. The Morgan fingerprint density at radius 2 is 1.91 bits per heavy atom. The minimum atomic E-state index is -3.28. The molecule has 9 nitrogen and oxygen atoms in total. The van der Waals surface area contributed by atoms with Crippen molar-refractivity contribution in [3.05, 3.63) is 65.6 Å². The lowest BCUT2D eigenvalue weighted by Gasteiger charge is -2.15. The minimum absolute atomic E-state index is 0.0160. The number of aromatic nitrogens is 5. The molecule has 3 heterocycles. The highest BCUT2D eigenvalue weighted by Crippen LogP contribution is 2.29. The van der Waals surface area contributed by atoms with Crippen LogP contribution < -0.4 is 4.90 Å². The predicted molar refractivity (Wildman–Crippen MR) is 123 cm³/mol. The van der Waals surface area contributed by atoms with Crippen molar-refractivity contribution < 1.29 is 13.2 Å². The standard InChI is InChI=1S/C21H20N6O3S2/c1-5-10-26(19(28)18-24-20-22-13(2)11-14(3)27(20)25-18)21-23-17(12-31-21)15-6-8-16(9-7-15)32(4,29)30/h5-9,11-12H,1,10H2,2-4H3. The lowest BCUT2D eigenvalue weighted by atomic mass is 10.2. The maximum absolute atomic E-state index is 13.2. The van der Waals surface area contributed by atoms with Crippen molar-refractivity contribution in [2.24, 2.45) is 0 Å². The first-order valence-corrected chi connectivity index (χ1v) is 12.3. The third-order valence-electron chi connectivity index (χ3n) is 4.67. The van der Waals surface area contributed by atoms with E-state index in [4.69, 9.17) is 0 Å². The molecule has 0 aliphatic heterocycles. The van der Waals surface area contributed by atoms with Crippen LogP contribution in [0.5, 0.6) is 0 Å². The Morgan fingerprint density at radius 1 is 1.19 bits per heavy atom. The first kappa shape index (κ1) is 21.8. The molecule has 164 valence electrons. The Kier molecular flexibility index (Phi) is 5.61. The van der Waals surface area contributed by atoms with Crippen molar-refractivity contribution in [2.75, 3.05) is 17.7 Å². The van der Waals surface area contributed by atoms with Crippen molar-refractivity contribution in [1.82, 2.24) is 24.6 Å². The van der Waals surface area contributed by atoms with Gasteiger partial charge in [-0.3, -0.25) is 9.69 Å². The molecule has 32 heavy (non-hydrogen) atoms. The van der Waals surface area contributed by atoms with E-state index in [1.165, 1.54) is 32.9 Å². The van der Waals surface area contributed by atoms with Crippen LogP contribution in [-0.4, -0.2) is 51.7 Å². The molecule has 0 N–H and O–H groups in total. The van der Waals surface area contributed by atoms with Gasteiger partial charge < -0.3 is 0 Å². The Labute approximate surface area is 189 Å². The molecule has 1 aromatic carbocycles. The fraction of sp³-hybridized carbons (Fsp3) is 0.190. The number of carbonyl (C=O) groups excluding carboxylic acids is 1. The van der Waals surface area contributed by atoms with E-state index in [2.05, 4.69) is 26.6 Å². The fourth-order valence-corrected chi connectivity index (χ4v) is 4.62. The predicted octanol–water partition coefficient (Wildman–Crippen LogP) is 3.10. The van der Waals surface area contributed by atoms with Gasteiger partial charge in [-0.1, -0.05) is 18.2 Å². The van der Waals surface area contributed by atoms with Crippen LogP contribution in [-0.2, 0) is 9.84 Å². The summed E-state index contributed by atoms with van der Waals surface area (Å²) in [6, 6.07) is 8.31. The average molecular weight is 469 g/mol. The Hall–Kier alpha value is -3.44. The van der Waals surface area contributed by atoms with Gasteiger partial charge in [-0.05, 0) is 32.0 Å². The van der Waals surface area contributed by atoms with Gasteiger partial charge in [0.1, 0.15) is 0 Å². The first-order valence-electron chi connectivity index (χ1n) is 9.57. The van der Waals surface area contributed by atoms with Crippen LogP contribution in [0.2, 0.25) is 0 Å². The molecule has 3 aromatic heterocycles. The largest absolute Gasteiger partial charge is 0.300 e. The van der Waals surface area contributed by atoms with Gasteiger partial charge in [-0.25, -0.2) is 22.9 Å². The lowest BCUT2D eigenvalue weighted by molar-refractivity contribution is 0.0980. The molecular formula is C21H20N6O3S2. The van der Waals surface area contributed by atoms with Gasteiger partial charge in [0.05, 0.1) is 10.6 Å². The zero-order valence-corrected chi connectivity index (χ0v) is 19.3. The monoisotopic (exact) mass is 468 g/mol. The molecule has 0 spiro atoms. The van der Waals surface area contributed by atoms with E-state index in [9.17, 15) is 13.2 Å². The molecule has 1 amide bonds. The number of sulfone groups is 1. The molecule has 0 saturated carbocycles. The fourth-order valence-electron chi connectivity index (χ4n) is 3.15. The Balaban J connectivity index is 1.66. The molecular weight excluding hydrogens is 448 g/mol. The third-order valence-corrected chi connectivity index (χ3v) is 6.66. The highest BCUT2D eigenvalue weighted by molar-refractivity contribution is 7.90. The topological polar surface area (TPSA) is 110 Å². The van der Waals surface area contributed by atoms with Gasteiger partial charge in [0.2, 0.25) is 5.82 Å². The van der Waals surface area contributed by atoms with Gasteiger partial charge in [-0.2, -0.15) is 4.98 Å². The molecule has 0 bridgehead atoms. The van der Waals surface area contributed by atoms with Crippen LogP contribution in [0.15, 0.2) is 53.3 Å². The van der Waals surface area contributed by atoms with Crippen molar-refractivity contribution in [3.63, 3.8) is 0 Å². The summed E-state index contributed by atoms with van der Waals surface area (Å²) in [7, 11) is -3.28. The molecule has 4 aromatic rings. The molecule has 0 radical (unpaired) electrons. The number of benzene rings is 1. The average Bonchev–Trinajstić information content (AvgIpc) is 3.38. The quantitative estimate of drug-likeness (QED) is 0.400. The number of thiazole rings is 1. The maximum Gasteiger partial charge on any atom is 0.300 e. The number of fused-ring (bicyclic) bond motifs is 1. The van der Waals surface area contributed by atoms with Gasteiger partial charge in [0.15, 0.2) is 15.0 Å². The maximum atomic E-state index is 13.2. The summed E-state index contributed by atoms with van der Waals surface area (Å²) in [6.07, 6.45) is 2.76. The van der Waals surface area contributed by atoms with Gasteiger partial charge in [-0.15, -0.1) is 23.0 Å². The molecule has 0 fully saturated rings. The number of hydrogen-bond donors (Lipinski definition) is 0. The SMILES string of the molecule is C=CCN(C(=O)c1nc2nc(C)cc(C)n2n1)c1nc(-c2ccc(S(C)(=O)=O)cc2)cs1. The van der Waals surface area contributed by atoms with Crippen molar-refractivity contribution >= 4 is 38.0 Å². The number of aryl methyl sites for hydroxylation is 2. The number of carbonyl (C=O) groups is 1. The highest BCUT2D eigenvalue weighted by atomic mass is 32.2. The molecule has 4 rings (SSSR count). The highest BCUT2D eigenvalue weighted by Gasteiger charge is 2.24. The summed E-state index contributed by atoms with van der Waals surface area (Å²) < 4.78 is 24.9. The van der Waals surface area contributed by atoms with Gasteiger partial charge in [0.25, 0.3) is 11.7 Å². The molecule has 11 heteroatoms. The Morgan fingerprint density at radius 3 is 2.56 bits per heavy atom. The van der Waals surface area contributed by atoms with Gasteiger partial charge >= 0.3 is 0 Å². The normalized spacial score (nSPS) is 11.6. The summed E-state index contributed by atoms with van der Waals surface area (Å²) >= 11 is 1.29. The summed E-state index contributed by atoms with van der Waals surface area (Å²) in [5, 5.41) is 6.58. The number of hydrogen-bond acceptors (Lipinski definition) is 8. The van der Waals surface area contributed by atoms with E-state index >= 15 is 0 Å². The summed E-state index contributed by atoms with van der Waals surface area (Å²) in [4.78, 5) is 28.1. The van der Waals surface area contributed by atoms with Crippen LogP contribution in [0.3, 0.4) is 0 Å². The number of amides is 1.